The van der Waals surface area contributed by atoms with Gasteiger partial charge >= 0.3 is 24.9 Å². The molecule has 0 spiro atoms. The molecule has 0 bridgehead atoms. The molecule has 1 unspecified atom stereocenters. The molecule has 2 aromatic rings. The first kappa shape index (κ1) is 19.9. The van der Waals surface area contributed by atoms with Crippen LogP contribution in [0.4, 0.5) is 13.2 Å². The van der Waals surface area contributed by atoms with E-state index < -0.39 is 36.2 Å². The summed E-state index contributed by atoms with van der Waals surface area (Å²) in [4.78, 5) is 26.8. The van der Waals surface area contributed by atoms with Gasteiger partial charge in [0.25, 0.3) is 0 Å². The van der Waals surface area contributed by atoms with Crippen LogP contribution in [0.5, 0.6) is 0 Å². The second-order valence-corrected chi connectivity index (χ2v) is 8.25. The van der Waals surface area contributed by atoms with Gasteiger partial charge in [0.1, 0.15) is 5.78 Å². The number of nitrogens with one attached hydrogen (secondary N) is 1. The zero-order chi connectivity index (χ0) is 20.0. The molecule has 1 N–H and O–H groups in total. The molecule has 1 aromatic carbocycles. The molecule has 0 fully saturated rings. The zero-order valence-electron chi connectivity index (χ0n) is 14.6. The van der Waals surface area contributed by atoms with E-state index in [-0.39, 0.29) is 42.7 Å². The second-order valence-electron chi connectivity index (χ2n) is 6.05. The van der Waals surface area contributed by atoms with Crippen molar-refractivity contribution in [1.82, 2.24) is 9.55 Å². The Hall–Kier alpha value is -1.90. The van der Waals surface area contributed by atoms with E-state index in [0.29, 0.717) is 0 Å². The lowest BCUT2D eigenvalue weighted by Crippen LogP contribution is -2.40. The molecule has 1 aromatic heterocycles. The van der Waals surface area contributed by atoms with Crippen molar-refractivity contribution in [1.29, 1.82) is 0 Å². The number of aromatic amines is 1. The summed E-state index contributed by atoms with van der Waals surface area (Å²) in [5, 5.41) is 0. The van der Waals surface area contributed by atoms with Gasteiger partial charge in [0.2, 0.25) is 0 Å². The Morgan fingerprint density at radius 2 is 1.85 bits per heavy atom. The van der Waals surface area contributed by atoms with Gasteiger partial charge in [0.15, 0.2) is 0 Å². The number of halogens is 3. The first-order valence-corrected chi connectivity index (χ1v) is 10.0. The summed E-state index contributed by atoms with van der Waals surface area (Å²) in [6.45, 7) is 3.31. The van der Waals surface area contributed by atoms with Crippen molar-refractivity contribution in [2.45, 2.75) is 38.6 Å². The van der Waals surface area contributed by atoms with Crippen molar-refractivity contribution in [3.63, 3.8) is 0 Å². The molecule has 0 saturated carbocycles. The molecule has 0 aliphatic carbocycles. The standard InChI is InChI=1S/C16H18F3N2O5P/c1-3-25-27(24,26-4-2)12-6-5-9-7-10(16(17,18)19)8-11-13(9)21(12)15(23)14(22)20-11/h7-8,12H,3-6H2,1-2H3,(H,20,22). The predicted molar refractivity (Wildman–Crippen MR) is 92.0 cm³/mol. The monoisotopic (exact) mass is 406 g/mol. The molecular weight excluding hydrogens is 388 g/mol. The lowest BCUT2D eigenvalue weighted by molar-refractivity contribution is -0.137. The molecular formula is C16H18F3N2O5P. The van der Waals surface area contributed by atoms with Crippen LogP contribution < -0.4 is 11.1 Å². The third-order valence-electron chi connectivity index (χ3n) is 4.37. The van der Waals surface area contributed by atoms with Gasteiger partial charge in [-0.3, -0.25) is 18.7 Å². The molecule has 148 valence electrons. The Morgan fingerprint density at radius 1 is 1.22 bits per heavy atom. The van der Waals surface area contributed by atoms with Crippen molar-refractivity contribution >= 4 is 18.6 Å². The van der Waals surface area contributed by atoms with Gasteiger partial charge in [-0.2, -0.15) is 13.2 Å². The Kier molecular flexibility index (Phi) is 5.09. The maximum Gasteiger partial charge on any atom is 0.416 e. The average molecular weight is 406 g/mol. The van der Waals surface area contributed by atoms with Crippen LogP contribution in [0.3, 0.4) is 0 Å². The lowest BCUT2D eigenvalue weighted by Gasteiger charge is -2.32. The van der Waals surface area contributed by atoms with Crippen molar-refractivity contribution in [3.8, 4) is 0 Å². The number of hydrogen-bond acceptors (Lipinski definition) is 5. The van der Waals surface area contributed by atoms with Gasteiger partial charge in [0, 0.05) is 0 Å². The number of aryl methyl sites for hydroxylation is 1. The third kappa shape index (κ3) is 3.37. The quantitative estimate of drug-likeness (QED) is 0.607. The minimum atomic E-state index is -4.61. The van der Waals surface area contributed by atoms with Crippen molar-refractivity contribution in [3.05, 3.63) is 44.0 Å². The highest BCUT2D eigenvalue weighted by molar-refractivity contribution is 7.54. The van der Waals surface area contributed by atoms with E-state index >= 15 is 0 Å². The van der Waals surface area contributed by atoms with E-state index in [9.17, 15) is 27.3 Å². The molecule has 0 amide bonds. The van der Waals surface area contributed by atoms with Gasteiger partial charge < -0.3 is 14.0 Å². The SMILES string of the molecule is CCOP(=O)(OCC)C1CCc2cc(C(F)(F)F)cc3[nH]c(=O)c(=O)n1c23. The molecule has 7 nitrogen and oxygen atoms in total. The lowest BCUT2D eigenvalue weighted by atomic mass is 10.00. The summed E-state index contributed by atoms with van der Waals surface area (Å²) in [5.74, 6) is -1.08. The minimum Gasteiger partial charge on any atom is -0.316 e. The van der Waals surface area contributed by atoms with Crippen LogP contribution in [0.2, 0.25) is 0 Å². The molecule has 1 atom stereocenters. The Bertz CT molecular complexity index is 1030. The van der Waals surface area contributed by atoms with Crippen LogP contribution in [0.15, 0.2) is 21.7 Å². The van der Waals surface area contributed by atoms with Crippen molar-refractivity contribution in [2.24, 2.45) is 0 Å². The fraction of sp³-hybridized carbons (Fsp3) is 0.500. The molecule has 3 rings (SSSR count). The number of rotatable bonds is 5. The summed E-state index contributed by atoms with van der Waals surface area (Å²) in [5.41, 5.74) is -2.82. The minimum absolute atomic E-state index is 0.0457. The summed E-state index contributed by atoms with van der Waals surface area (Å²) in [6.07, 6.45) is -4.43. The first-order valence-electron chi connectivity index (χ1n) is 8.39. The predicted octanol–water partition coefficient (Wildman–Crippen LogP) is 3.42. The van der Waals surface area contributed by atoms with E-state index in [1.165, 1.54) is 0 Å². The second kappa shape index (κ2) is 6.92. The van der Waals surface area contributed by atoms with Crippen molar-refractivity contribution < 1.29 is 26.8 Å². The average Bonchev–Trinajstić information content (AvgIpc) is 2.58. The van der Waals surface area contributed by atoms with Crippen LogP contribution in [-0.4, -0.2) is 22.8 Å². The van der Waals surface area contributed by atoms with E-state index in [4.69, 9.17) is 9.05 Å². The first-order chi connectivity index (χ1) is 12.6. The zero-order valence-corrected chi connectivity index (χ0v) is 15.5. The summed E-state index contributed by atoms with van der Waals surface area (Å²) in [7, 11) is -3.81. The van der Waals surface area contributed by atoms with Crippen LogP contribution in [0, 0.1) is 0 Å². The fourth-order valence-electron chi connectivity index (χ4n) is 3.38. The van der Waals surface area contributed by atoms with Gasteiger partial charge in [-0.25, -0.2) is 0 Å². The Morgan fingerprint density at radius 3 is 2.41 bits per heavy atom. The normalized spacial score (nSPS) is 17.4. The number of hydrogen-bond donors (Lipinski definition) is 1. The number of alkyl halides is 3. The highest BCUT2D eigenvalue weighted by Crippen LogP contribution is 2.61. The van der Waals surface area contributed by atoms with Gasteiger partial charge in [0.05, 0.1) is 29.8 Å². The maximum absolute atomic E-state index is 13.2. The van der Waals surface area contributed by atoms with E-state index in [0.717, 1.165) is 16.7 Å². The van der Waals surface area contributed by atoms with Crippen LogP contribution in [0.25, 0.3) is 11.0 Å². The molecule has 1 aliphatic heterocycles. The molecule has 27 heavy (non-hydrogen) atoms. The number of nitrogens with zero attached hydrogens (tertiary/aromatic N) is 1. The molecule has 11 heteroatoms. The number of H-pyrrole nitrogens is 1. The smallest absolute Gasteiger partial charge is 0.316 e. The van der Waals surface area contributed by atoms with E-state index in [1.807, 2.05) is 0 Å². The third-order valence-corrected chi connectivity index (χ3v) is 6.83. The van der Waals surface area contributed by atoms with Crippen molar-refractivity contribution in [2.75, 3.05) is 13.2 Å². The topological polar surface area (TPSA) is 90.4 Å². The molecule has 1 aliphatic rings. The molecule has 0 saturated heterocycles. The van der Waals surface area contributed by atoms with Crippen LogP contribution >= 0.6 is 7.60 Å². The van der Waals surface area contributed by atoms with Crippen LogP contribution in [0.1, 0.15) is 37.2 Å². The van der Waals surface area contributed by atoms with Gasteiger partial charge in [-0.1, -0.05) is 0 Å². The number of aromatic nitrogens is 2. The highest BCUT2D eigenvalue weighted by atomic mass is 31.2. The molecule has 2 heterocycles. The summed E-state index contributed by atoms with van der Waals surface area (Å²) in [6, 6.07) is 1.71. The molecule has 0 radical (unpaired) electrons. The van der Waals surface area contributed by atoms with Crippen LogP contribution in [-0.2, 0) is 26.2 Å². The summed E-state index contributed by atoms with van der Waals surface area (Å²) < 4.78 is 64.3. The highest BCUT2D eigenvalue weighted by Gasteiger charge is 2.42. The van der Waals surface area contributed by atoms with E-state index in [1.54, 1.807) is 13.8 Å². The maximum atomic E-state index is 13.2. The Labute approximate surface area is 151 Å². The summed E-state index contributed by atoms with van der Waals surface area (Å²) >= 11 is 0. The van der Waals surface area contributed by atoms with E-state index in [2.05, 4.69) is 4.98 Å². The largest absolute Gasteiger partial charge is 0.416 e. The number of benzene rings is 1. The van der Waals surface area contributed by atoms with Gasteiger partial charge in [-0.15, -0.1) is 0 Å². The van der Waals surface area contributed by atoms with Gasteiger partial charge in [-0.05, 0) is 44.4 Å². The Balaban J connectivity index is 2.34. The fourth-order valence-corrected chi connectivity index (χ4v) is 5.47.